The molecule has 0 spiro atoms. The SMILES string of the molecule is c1ccc(-n2c3ccccc3c3ccc(-c4ccc5c(c4)c4ccccc4n5-c4ccc5c6ccccc6c6ccccc6c5c4)cc32)cc1.c1ccc2c(c1)c1ccccc1c1cc(-n3c4ccccc4c4cc(-c5ccc6c7ccccc7n(-c7ccncc7)c6c5)ccc43)ccc21. The van der Waals surface area contributed by atoms with Crippen LogP contribution in [0.5, 0.6) is 0 Å². The highest BCUT2D eigenvalue weighted by Gasteiger charge is 2.21. The van der Waals surface area contributed by atoms with Crippen molar-refractivity contribution < 1.29 is 0 Å². The molecular formula is C95H59N5. The molecule has 0 aliphatic rings. The van der Waals surface area contributed by atoms with Crippen LogP contribution < -0.4 is 0 Å². The van der Waals surface area contributed by atoms with E-state index in [0.29, 0.717) is 0 Å². The van der Waals surface area contributed by atoms with Gasteiger partial charge in [-0.2, -0.15) is 0 Å². The Kier molecular flexibility index (Phi) is 12.4. The first-order valence-electron chi connectivity index (χ1n) is 34.4. The van der Waals surface area contributed by atoms with E-state index < -0.39 is 0 Å². The molecule has 17 aromatic carbocycles. The van der Waals surface area contributed by atoms with Gasteiger partial charge < -0.3 is 18.3 Å². The van der Waals surface area contributed by atoms with Crippen molar-refractivity contribution in [3.63, 3.8) is 0 Å². The van der Waals surface area contributed by atoms with Gasteiger partial charge in [0.25, 0.3) is 0 Å². The summed E-state index contributed by atoms with van der Waals surface area (Å²) in [7, 11) is 0. The molecule has 0 saturated heterocycles. The molecule has 0 amide bonds. The smallest absolute Gasteiger partial charge is 0.0547 e. The average Bonchev–Trinajstić information content (AvgIpc) is 0.975. The Morgan fingerprint density at radius 1 is 0.140 bits per heavy atom. The summed E-state index contributed by atoms with van der Waals surface area (Å²) in [5, 5.41) is 25.5. The Morgan fingerprint density at radius 3 is 0.770 bits per heavy atom. The predicted molar refractivity (Wildman–Crippen MR) is 424 cm³/mol. The van der Waals surface area contributed by atoms with Crippen LogP contribution in [0.3, 0.4) is 0 Å². The summed E-state index contributed by atoms with van der Waals surface area (Å²) in [5.74, 6) is 0. The van der Waals surface area contributed by atoms with Gasteiger partial charge in [0, 0.05) is 78.2 Å². The second kappa shape index (κ2) is 22.1. The van der Waals surface area contributed by atoms with Crippen molar-refractivity contribution in [1.29, 1.82) is 0 Å². The Balaban J connectivity index is 0.000000131. The van der Waals surface area contributed by atoms with Gasteiger partial charge in [-0.1, -0.05) is 237 Å². The lowest BCUT2D eigenvalue weighted by atomic mass is 9.94. The van der Waals surface area contributed by atoms with Gasteiger partial charge in [-0.25, -0.2) is 0 Å². The first kappa shape index (κ1) is 55.9. The minimum absolute atomic E-state index is 1.11. The van der Waals surface area contributed by atoms with Gasteiger partial charge in [0.1, 0.15) is 0 Å². The Labute approximate surface area is 574 Å². The molecule has 22 aromatic rings. The summed E-state index contributed by atoms with van der Waals surface area (Å²) >= 11 is 0. The van der Waals surface area contributed by atoms with Gasteiger partial charge in [-0.05, 0) is 196 Å². The van der Waals surface area contributed by atoms with Crippen LogP contribution in [0, 0.1) is 0 Å². The first-order valence-corrected chi connectivity index (χ1v) is 34.4. The third-order valence-corrected chi connectivity index (χ3v) is 21.3. The van der Waals surface area contributed by atoms with E-state index in [-0.39, 0.29) is 0 Å². The van der Waals surface area contributed by atoms with Gasteiger partial charge in [-0.3, -0.25) is 4.98 Å². The molecule has 464 valence electrons. The van der Waals surface area contributed by atoms with E-state index >= 15 is 0 Å². The third kappa shape index (κ3) is 8.46. The molecule has 100 heavy (non-hydrogen) atoms. The van der Waals surface area contributed by atoms with Crippen LogP contribution in [0.4, 0.5) is 0 Å². The van der Waals surface area contributed by atoms with E-state index in [2.05, 4.69) is 369 Å². The molecule has 0 bridgehead atoms. The zero-order valence-corrected chi connectivity index (χ0v) is 54.3. The minimum atomic E-state index is 1.11. The van der Waals surface area contributed by atoms with E-state index in [1.165, 1.54) is 191 Å². The number of hydrogen-bond acceptors (Lipinski definition) is 1. The molecule has 0 atom stereocenters. The number of hydrogen-bond donors (Lipinski definition) is 0. The van der Waals surface area contributed by atoms with Crippen LogP contribution in [0.25, 0.3) is 197 Å². The van der Waals surface area contributed by atoms with E-state index in [1.807, 2.05) is 12.4 Å². The lowest BCUT2D eigenvalue weighted by molar-refractivity contribution is 1.16. The third-order valence-electron chi connectivity index (χ3n) is 21.3. The van der Waals surface area contributed by atoms with Crippen molar-refractivity contribution >= 4 is 152 Å². The summed E-state index contributed by atoms with van der Waals surface area (Å²) in [6.07, 6.45) is 3.73. The topological polar surface area (TPSA) is 32.6 Å². The highest BCUT2D eigenvalue weighted by Crippen LogP contribution is 2.44. The molecule has 5 heterocycles. The maximum atomic E-state index is 4.28. The fourth-order valence-electron chi connectivity index (χ4n) is 16.9. The zero-order valence-electron chi connectivity index (χ0n) is 54.3. The summed E-state index contributed by atoms with van der Waals surface area (Å²) in [4.78, 5) is 4.28. The highest BCUT2D eigenvalue weighted by atomic mass is 15.0. The largest absolute Gasteiger partial charge is 0.309 e. The lowest BCUT2D eigenvalue weighted by Crippen LogP contribution is -1.95. The first-order chi connectivity index (χ1) is 49.6. The fourth-order valence-corrected chi connectivity index (χ4v) is 16.9. The maximum absolute atomic E-state index is 4.28. The quantitative estimate of drug-likeness (QED) is 0.153. The van der Waals surface area contributed by atoms with Crippen molar-refractivity contribution in [2.24, 2.45) is 0 Å². The van der Waals surface area contributed by atoms with Gasteiger partial charge in [-0.15, -0.1) is 0 Å². The molecule has 0 unspecified atom stereocenters. The molecule has 5 nitrogen and oxygen atoms in total. The predicted octanol–water partition coefficient (Wildman–Crippen LogP) is 25.4. The van der Waals surface area contributed by atoms with Crippen LogP contribution >= 0.6 is 0 Å². The molecule has 5 aromatic heterocycles. The van der Waals surface area contributed by atoms with Crippen molar-refractivity contribution in [1.82, 2.24) is 23.3 Å². The normalized spacial score (nSPS) is 12.0. The van der Waals surface area contributed by atoms with Crippen molar-refractivity contribution in [3.05, 3.63) is 358 Å². The molecule has 5 heteroatoms. The Bertz CT molecular complexity index is 6650. The van der Waals surface area contributed by atoms with Crippen molar-refractivity contribution in [3.8, 4) is 45.0 Å². The van der Waals surface area contributed by atoms with Crippen molar-refractivity contribution in [2.75, 3.05) is 0 Å². The summed E-state index contributed by atoms with van der Waals surface area (Å²) in [6, 6.07) is 127. The second-order valence-electron chi connectivity index (χ2n) is 26.5. The van der Waals surface area contributed by atoms with Crippen LogP contribution in [0.15, 0.2) is 358 Å². The average molecular weight is 1270 g/mol. The standard InChI is InChI=1S/C48H30N2.C47H29N3/c1-2-12-33(13-3-1)49-45-20-10-8-18-40(45)42-25-22-32(29-48(42)49)31-23-27-47-44(28-31)41-19-9-11-21-46(41)50(47)34-24-26-39-37-16-5-4-14-35(37)36-15-6-7-17-38(36)43(39)30-34;1-2-11-36-34(9-1)35-10-3-4-12-37(35)42-29-33(19-21-38(36)42)50-45-16-8-6-14-40(45)43-27-30(18-22-46(43)50)31-17-20-41-39-13-5-7-15-44(39)49(47(41)28-31)32-23-25-48-26-24-32/h1-30H;1-29H. The zero-order chi connectivity index (χ0) is 65.5. The van der Waals surface area contributed by atoms with Gasteiger partial charge in [0.15, 0.2) is 0 Å². The number of pyridine rings is 1. The van der Waals surface area contributed by atoms with Crippen LogP contribution in [-0.4, -0.2) is 23.3 Å². The minimum Gasteiger partial charge on any atom is -0.309 e. The summed E-state index contributed by atoms with van der Waals surface area (Å²) in [6.45, 7) is 0. The molecular weight excluding hydrogens is 1210 g/mol. The maximum Gasteiger partial charge on any atom is 0.0547 e. The van der Waals surface area contributed by atoms with Crippen LogP contribution in [0.1, 0.15) is 0 Å². The number of para-hydroxylation sites is 5. The monoisotopic (exact) mass is 1270 g/mol. The summed E-state index contributed by atoms with van der Waals surface area (Å²) < 4.78 is 9.62. The Hall–Kier alpha value is -13.4. The second-order valence-corrected chi connectivity index (χ2v) is 26.5. The number of nitrogens with zero attached hydrogens (tertiary/aromatic N) is 5. The lowest BCUT2D eigenvalue weighted by Gasteiger charge is -2.14. The van der Waals surface area contributed by atoms with E-state index in [0.717, 1.165) is 5.69 Å². The van der Waals surface area contributed by atoms with Gasteiger partial charge in [0.2, 0.25) is 0 Å². The highest BCUT2D eigenvalue weighted by molar-refractivity contribution is 6.27. The molecule has 0 saturated carbocycles. The van der Waals surface area contributed by atoms with Gasteiger partial charge >= 0.3 is 0 Å². The molecule has 0 aliphatic heterocycles. The van der Waals surface area contributed by atoms with Crippen molar-refractivity contribution in [2.45, 2.75) is 0 Å². The van der Waals surface area contributed by atoms with Crippen LogP contribution in [0.2, 0.25) is 0 Å². The van der Waals surface area contributed by atoms with E-state index in [9.17, 15) is 0 Å². The molecule has 22 rings (SSSR count). The number of benzene rings is 17. The molecule has 0 radical (unpaired) electrons. The number of fused-ring (bicyclic) bond motifs is 24. The molecule has 0 N–H and O–H groups in total. The number of rotatable bonds is 6. The van der Waals surface area contributed by atoms with Gasteiger partial charge in [0.05, 0.1) is 44.1 Å². The van der Waals surface area contributed by atoms with E-state index in [4.69, 9.17) is 0 Å². The van der Waals surface area contributed by atoms with E-state index in [1.54, 1.807) is 0 Å². The van der Waals surface area contributed by atoms with Crippen LogP contribution in [-0.2, 0) is 0 Å². The molecule has 0 fully saturated rings. The molecule has 0 aliphatic carbocycles. The number of aromatic nitrogens is 5. The fraction of sp³-hybridized carbons (Fsp3) is 0. The Morgan fingerprint density at radius 2 is 0.390 bits per heavy atom. The summed E-state index contributed by atoms with van der Waals surface area (Å²) in [5.41, 5.74) is 19.1.